The van der Waals surface area contributed by atoms with Crippen LogP contribution in [0.3, 0.4) is 0 Å². The molecule has 1 atom stereocenters. The van der Waals surface area contributed by atoms with Crippen LogP contribution >= 0.6 is 23.2 Å². The second-order valence-electron chi connectivity index (χ2n) is 9.32. The first kappa shape index (κ1) is 24.3. The Morgan fingerprint density at radius 3 is 2.69 bits per heavy atom. The number of likely N-dealkylation sites (tertiary alicyclic amines) is 1. The highest BCUT2D eigenvalue weighted by molar-refractivity contribution is 6.43. The molecule has 0 bridgehead atoms. The van der Waals surface area contributed by atoms with E-state index in [4.69, 9.17) is 32.7 Å². The Morgan fingerprint density at radius 1 is 1.00 bits per heavy atom. The Balaban J connectivity index is 1.13. The molecule has 0 saturated carbocycles. The summed E-state index contributed by atoms with van der Waals surface area (Å²) < 4.78 is 10.8. The van der Waals surface area contributed by atoms with Crippen LogP contribution in [0.15, 0.2) is 42.5 Å². The summed E-state index contributed by atoms with van der Waals surface area (Å²) in [5.41, 5.74) is 1.95. The molecular weight excluding hydrogens is 485 g/mol. The SMILES string of the molecule is O=C(C=Cc1ccc2c(c1)OCO2)N1CCCC[C@H]1CCN1CCN(c2cccc(Cl)c2Cl)CC1. The highest BCUT2D eigenvalue weighted by atomic mass is 35.5. The molecule has 0 aliphatic carbocycles. The minimum absolute atomic E-state index is 0.0905. The maximum Gasteiger partial charge on any atom is 0.246 e. The van der Waals surface area contributed by atoms with Gasteiger partial charge in [0.1, 0.15) is 0 Å². The zero-order valence-corrected chi connectivity index (χ0v) is 21.3. The van der Waals surface area contributed by atoms with E-state index < -0.39 is 0 Å². The number of halogens is 2. The predicted octanol–water partition coefficient (Wildman–Crippen LogP) is 5.33. The van der Waals surface area contributed by atoms with Gasteiger partial charge in [0.15, 0.2) is 11.5 Å². The number of nitrogens with zero attached hydrogens (tertiary/aromatic N) is 3. The van der Waals surface area contributed by atoms with Crippen molar-refractivity contribution in [2.24, 2.45) is 0 Å². The summed E-state index contributed by atoms with van der Waals surface area (Å²) in [6.07, 6.45) is 7.89. The molecule has 3 heterocycles. The molecule has 0 unspecified atom stereocenters. The summed E-state index contributed by atoms with van der Waals surface area (Å²) in [5, 5.41) is 1.23. The number of ether oxygens (including phenoxy) is 2. The van der Waals surface area contributed by atoms with E-state index >= 15 is 0 Å². The number of amides is 1. The highest BCUT2D eigenvalue weighted by Crippen LogP contribution is 2.34. The Morgan fingerprint density at radius 2 is 1.83 bits per heavy atom. The number of rotatable bonds is 6. The van der Waals surface area contributed by atoms with Crippen molar-refractivity contribution in [3.63, 3.8) is 0 Å². The van der Waals surface area contributed by atoms with E-state index in [1.165, 1.54) is 6.42 Å². The van der Waals surface area contributed by atoms with Crippen LogP contribution in [-0.2, 0) is 4.79 Å². The van der Waals surface area contributed by atoms with Gasteiger partial charge in [-0.25, -0.2) is 0 Å². The lowest BCUT2D eigenvalue weighted by molar-refractivity contribution is -0.129. The molecular formula is C27H31Cl2N3O3. The normalized spacial score (nSPS) is 20.6. The fourth-order valence-corrected chi connectivity index (χ4v) is 5.57. The molecule has 186 valence electrons. The van der Waals surface area contributed by atoms with Crippen molar-refractivity contribution in [2.45, 2.75) is 31.7 Å². The maximum atomic E-state index is 13.1. The van der Waals surface area contributed by atoms with Gasteiger partial charge in [0, 0.05) is 51.4 Å². The third-order valence-corrected chi connectivity index (χ3v) is 7.96. The van der Waals surface area contributed by atoms with Crippen LogP contribution in [0.25, 0.3) is 6.08 Å². The maximum absolute atomic E-state index is 13.1. The van der Waals surface area contributed by atoms with Crippen LogP contribution in [0.1, 0.15) is 31.2 Å². The zero-order chi connectivity index (χ0) is 24.2. The molecule has 2 aromatic rings. The van der Waals surface area contributed by atoms with Crippen molar-refractivity contribution in [1.29, 1.82) is 0 Å². The second kappa shape index (κ2) is 11.1. The predicted molar refractivity (Wildman–Crippen MR) is 141 cm³/mol. The molecule has 3 aliphatic heterocycles. The van der Waals surface area contributed by atoms with Crippen molar-refractivity contribution >= 4 is 40.9 Å². The third kappa shape index (κ3) is 5.71. The molecule has 0 N–H and O–H groups in total. The number of piperidine rings is 1. The van der Waals surface area contributed by atoms with Gasteiger partial charge in [0.25, 0.3) is 0 Å². The van der Waals surface area contributed by atoms with Crippen LogP contribution in [0.5, 0.6) is 11.5 Å². The number of carbonyl (C=O) groups excluding carboxylic acids is 1. The Kier molecular flexibility index (Phi) is 7.71. The number of anilines is 1. The van der Waals surface area contributed by atoms with Crippen LogP contribution in [0.4, 0.5) is 5.69 Å². The van der Waals surface area contributed by atoms with E-state index in [1.807, 2.05) is 42.5 Å². The molecule has 2 fully saturated rings. The smallest absolute Gasteiger partial charge is 0.246 e. The lowest BCUT2D eigenvalue weighted by atomic mass is 9.98. The summed E-state index contributed by atoms with van der Waals surface area (Å²) in [7, 11) is 0. The Bertz CT molecular complexity index is 1090. The van der Waals surface area contributed by atoms with E-state index in [-0.39, 0.29) is 18.7 Å². The van der Waals surface area contributed by atoms with Gasteiger partial charge >= 0.3 is 0 Å². The van der Waals surface area contributed by atoms with Crippen LogP contribution < -0.4 is 14.4 Å². The Labute approximate surface area is 217 Å². The molecule has 0 aromatic heterocycles. The van der Waals surface area contributed by atoms with Gasteiger partial charge in [-0.1, -0.05) is 35.3 Å². The first-order valence-electron chi connectivity index (χ1n) is 12.4. The second-order valence-corrected chi connectivity index (χ2v) is 10.1. The Hall–Kier alpha value is -2.41. The minimum atomic E-state index is 0.0905. The van der Waals surface area contributed by atoms with Crippen LogP contribution in [0, 0.1) is 0 Å². The van der Waals surface area contributed by atoms with Crippen molar-refractivity contribution in [3.8, 4) is 11.5 Å². The van der Waals surface area contributed by atoms with Gasteiger partial charge in [-0.05, 0) is 61.6 Å². The van der Waals surface area contributed by atoms with Crippen LogP contribution in [0.2, 0.25) is 10.0 Å². The first-order valence-corrected chi connectivity index (χ1v) is 13.1. The molecule has 2 aromatic carbocycles. The number of fused-ring (bicyclic) bond motifs is 1. The third-order valence-electron chi connectivity index (χ3n) is 7.15. The summed E-state index contributed by atoms with van der Waals surface area (Å²) in [4.78, 5) is 19.9. The highest BCUT2D eigenvalue weighted by Gasteiger charge is 2.27. The molecule has 1 amide bonds. The van der Waals surface area contributed by atoms with Gasteiger partial charge in [-0.3, -0.25) is 9.69 Å². The monoisotopic (exact) mass is 515 g/mol. The van der Waals surface area contributed by atoms with E-state index in [0.717, 1.165) is 81.3 Å². The first-order chi connectivity index (χ1) is 17.1. The largest absolute Gasteiger partial charge is 0.454 e. The van der Waals surface area contributed by atoms with Crippen molar-refractivity contribution < 1.29 is 14.3 Å². The van der Waals surface area contributed by atoms with Crippen molar-refractivity contribution in [3.05, 3.63) is 58.1 Å². The van der Waals surface area contributed by atoms with Crippen molar-refractivity contribution in [1.82, 2.24) is 9.80 Å². The van der Waals surface area contributed by atoms with E-state index in [2.05, 4.69) is 14.7 Å². The molecule has 6 nitrogen and oxygen atoms in total. The lowest BCUT2D eigenvalue weighted by Gasteiger charge is -2.39. The van der Waals surface area contributed by atoms with E-state index in [1.54, 1.807) is 6.08 Å². The van der Waals surface area contributed by atoms with Gasteiger partial charge in [0.2, 0.25) is 12.7 Å². The van der Waals surface area contributed by atoms with E-state index in [0.29, 0.717) is 10.0 Å². The van der Waals surface area contributed by atoms with E-state index in [9.17, 15) is 4.79 Å². The molecule has 5 rings (SSSR count). The van der Waals surface area contributed by atoms with Gasteiger partial charge in [-0.15, -0.1) is 0 Å². The number of carbonyl (C=O) groups is 1. The summed E-state index contributed by atoms with van der Waals surface area (Å²) in [5.74, 6) is 1.57. The zero-order valence-electron chi connectivity index (χ0n) is 19.8. The molecule has 8 heteroatoms. The van der Waals surface area contributed by atoms with Crippen LogP contribution in [-0.4, -0.2) is 67.8 Å². The molecule has 0 radical (unpaired) electrons. The summed E-state index contributed by atoms with van der Waals surface area (Å²) in [6, 6.07) is 11.8. The number of hydrogen-bond donors (Lipinski definition) is 0. The number of piperazine rings is 1. The molecule has 0 spiro atoms. The standard InChI is InChI=1S/C27H31Cl2N3O3/c28-22-5-3-6-23(27(22)29)31-16-14-30(15-17-31)13-11-21-4-1-2-12-32(21)26(33)10-8-20-7-9-24-25(18-20)35-19-34-24/h3,5-10,18,21H,1-2,4,11-17,19H2/t21-/m0/s1. The average Bonchev–Trinajstić information content (AvgIpc) is 3.36. The minimum Gasteiger partial charge on any atom is -0.454 e. The lowest BCUT2D eigenvalue weighted by Crippen LogP contribution is -2.49. The molecule has 3 aliphatic rings. The molecule has 35 heavy (non-hydrogen) atoms. The fraction of sp³-hybridized carbons (Fsp3) is 0.444. The molecule has 2 saturated heterocycles. The number of hydrogen-bond acceptors (Lipinski definition) is 5. The topological polar surface area (TPSA) is 45.3 Å². The fourth-order valence-electron chi connectivity index (χ4n) is 5.15. The van der Waals surface area contributed by atoms with Crippen molar-refractivity contribution in [2.75, 3.05) is 51.0 Å². The average molecular weight is 516 g/mol. The van der Waals surface area contributed by atoms with Gasteiger partial charge < -0.3 is 19.3 Å². The number of benzene rings is 2. The summed E-state index contributed by atoms with van der Waals surface area (Å²) >= 11 is 12.6. The quantitative estimate of drug-likeness (QED) is 0.486. The van der Waals surface area contributed by atoms with Gasteiger partial charge in [-0.2, -0.15) is 0 Å². The van der Waals surface area contributed by atoms with Gasteiger partial charge in [0.05, 0.1) is 15.7 Å². The summed E-state index contributed by atoms with van der Waals surface area (Å²) in [6.45, 7) is 5.88.